The average Bonchev–Trinajstić information content (AvgIpc) is 2.63. The Balaban J connectivity index is 1.47. The summed E-state index contributed by atoms with van der Waals surface area (Å²) in [5.74, 6) is 0. The third-order valence-electron chi connectivity index (χ3n) is 4.20. The van der Waals surface area contributed by atoms with Gasteiger partial charge in [0.1, 0.15) is 0 Å². The minimum Gasteiger partial charge on any atom is -0.389 e. The Bertz CT molecular complexity index is 906. The smallest absolute Gasteiger partial charge is 0.252 e. The van der Waals surface area contributed by atoms with E-state index >= 15 is 0 Å². The number of ether oxygens (including phenoxy) is 1. The Morgan fingerprint density at radius 1 is 1.15 bits per heavy atom. The number of nitrogens with one attached hydrogen (secondary N) is 2. The first kappa shape index (κ1) is 18.3. The summed E-state index contributed by atoms with van der Waals surface area (Å²) in [4.78, 5) is 15.1. The minimum atomic E-state index is -0.624. The van der Waals surface area contributed by atoms with E-state index in [1.54, 1.807) is 0 Å². The molecular weight excluding hydrogens is 328 g/mol. The monoisotopic (exact) mass is 352 g/mol. The van der Waals surface area contributed by atoms with Gasteiger partial charge in [-0.15, -0.1) is 0 Å². The fraction of sp³-hybridized carbons (Fsp3) is 0.286. The highest BCUT2D eigenvalue weighted by Crippen LogP contribution is 2.12. The number of H-pyrrole nitrogens is 1. The molecule has 3 rings (SSSR count). The third kappa shape index (κ3) is 5.02. The molecule has 1 aromatic heterocycles. The largest absolute Gasteiger partial charge is 0.389 e. The van der Waals surface area contributed by atoms with Crippen LogP contribution >= 0.6 is 0 Å². The van der Waals surface area contributed by atoms with Gasteiger partial charge in [0, 0.05) is 24.2 Å². The first-order chi connectivity index (χ1) is 12.6. The zero-order valence-electron chi connectivity index (χ0n) is 14.9. The van der Waals surface area contributed by atoms with E-state index in [1.807, 2.05) is 61.5 Å². The maximum absolute atomic E-state index is 12.2. The maximum atomic E-state index is 12.2. The van der Waals surface area contributed by atoms with Gasteiger partial charge in [-0.05, 0) is 35.6 Å². The van der Waals surface area contributed by atoms with Crippen molar-refractivity contribution in [1.29, 1.82) is 0 Å². The van der Waals surface area contributed by atoms with Gasteiger partial charge in [-0.1, -0.05) is 42.5 Å². The number of aromatic nitrogens is 1. The van der Waals surface area contributed by atoms with Gasteiger partial charge in [0.25, 0.3) is 5.56 Å². The fourth-order valence-electron chi connectivity index (χ4n) is 2.81. The van der Waals surface area contributed by atoms with Crippen LogP contribution in [0.1, 0.15) is 16.7 Å². The van der Waals surface area contributed by atoms with E-state index in [1.165, 1.54) is 0 Å². The van der Waals surface area contributed by atoms with Crippen LogP contribution in [0, 0.1) is 6.92 Å². The minimum absolute atomic E-state index is 0.106. The highest BCUT2D eigenvalue weighted by molar-refractivity contribution is 5.79. The predicted molar refractivity (Wildman–Crippen MR) is 103 cm³/mol. The number of benzene rings is 2. The van der Waals surface area contributed by atoms with E-state index in [2.05, 4.69) is 10.3 Å². The number of aryl methyl sites for hydroxylation is 1. The van der Waals surface area contributed by atoms with E-state index in [-0.39, 0.29) is 12.2 Å². The summed E-state index contributed by atoms with van der Waals surface area (Å²) >= 11 is 0. The Kier molecular flexibility index (Phi) is 6.17. The molecule has 1 heterocycles. The third-order valence-corrected chi connectivity index (χ3v) is 4.20. The molecule has 0 saturated heterocycles. The number of aromatic amines is 1. The van der Waals surface area contributed by atoms with Crippen molar-refractivity contribution in [3.05, 3.63) is 81.6 Å². The number of aliphatic hydroxyl groups excluding tert-OH is 1. The second-order valence-corrected chi connectivity index (χ2v) is 6.50. The van der Waals surface area contributed by atoms with Crippen LogP contribution in [0.25, 0.3) is 10.9 Å². The van der Waals surface area contributed by atoms with Gasteiger partial charge in [-0.25, -0.2) is 0 Å². The van der Waals surface area contributed by atoms with Gasteiger partial charge in [0.2, 0.25) is 0 Å². The summed E-state index contributed by atoms with van der Waals surface area (Å²) in [7, 11) is 0. The van der Waals surface area contributed by atoms with Crippen LogP contribution in [0.2, 0.25) is 0 Å². The molecule has 136 valence electrons. The van der Waals surface area contributed by atoms with Crippen LogP contribution < -0.4 is 10.9 Å². The lowest BCUT2D eigenvalue weighted by molar-refractivity contribution is 0.0287. The van der Waals surface area contributed by atoms with Gasteiger partial charge in [0.05, 0.1) is 19.3 Å². The van der Waals surface area contributed by atoms with E-state index in [0.717, 1.165) is 22.0 Å². The molecule has 5 nitrogen and oxygen atoms in total. The standard InChI is InChI=1S/C21H24N2O3/c1-15-7-8-17-10-18(21(25)23-20(17)9-15)11-22-12-19(24)14-26-13-16-5-3-2-4-6-16/h2-10,19,22,24H,11-14H2,1H3,(H,23,25). The summed E-state index contributed by atoms with van der Waals surface area (Å²) in [6.07, 6.45) is -0.624. The molecule has 0 fully saturated rings. The first-order valence-corrected chi connectivity index (χ1v) is 8.75. The molecule has 0 aliphatic carbocycles. The number of hydrogen-bond acceptors (Lipinski definition) is 4. The molecule has 0 amide bonds. The second-order valence-electron chi connectivity index (χ2n) is 6.50. The van der Waals surface area contributed by atoms with Crippen molar-refractivity contribution in [2.45, 2.75) is 26.2 Å². The van der Waals surface area contributed by atoms with E-state index in [9.17, 15) is 9.90 Å². The first-order valence-electron chi connectivity index (χ1n) is 8.75. The van der Waals surface area contributed by atoms with Crippen LogP contribution in [0.5, 0.6) is 0 Å². The SMILES string of the molecule is Cc1ccc2cc(CNCC(O)COCc3ccccc3)c(=O)[nH]c2c1. The molecule has 0 spiro atoms. The zero-order valence-corrected chi connectivity index (χ0v) is 14.9. The van der Waals surface area contributed by atoms with Gasteiger partial charge in [-0.3, -0.25) is 4.79 Å². The van der Waals surface area contributed by atoms with Crippen LogP contribution in [0.15, 0.2) is 59.4 Å². The molecule has 0 radical (unpaired) electrons. The predicted octanol–water partition coefficient (Wildman–Crippen LogP) is 2.50. The van der Waals surface area contributed by atoms with E-state index < -0.39 is 6.10 Å². The number of pyridine rings is 1. The van der Waals surface area contributed by atoms with Crippen LogP contribution in [-0.2, 0) is 17.9 Å². The van der Waals surface area contributed by atoms with Crippen LogP contribution in [0.4, 0.5) is 0 Å². The van der Waals surface area contributed by atoms with Crippen molar-refractivity contribution in [3.8, 4) is 0 Å². The number of fused-ring (bicyclic) bond motifs is 1. The van der Waals surface area contributed by atoms with Crippen molar-refractivity contribution in [2.75, 3.05) is 13.2 Å². The van der Waals surface area contributed by atoms with Crippen molar-refractivity contribution in [3.63, 3.8) is 0 Å². The van der Waals surface area contributed by atoms with Crippen LogP contribution in [0.3, 0.4) is 0 Å². The summed E-state index contributed by atoms with van der Waals surface area (Å²) in [6.45, 7) is 3.47. The maximum Gasteiger partial charge on any atom is 0.252 e. The molecule has 0 bridgehead atoms. The second kappa shape index (κ2) is 8.76. The Morgan fingerprint density at radius 3 is 2.77 bits per heavy atom. The topological polar surface area (TPSA) is 74.3 Å². The molecule has 2 aromatic carbocycles. The lowest BCUT2D eigenvalue weighted by Crippen LogP contribution is -2.31. The van der Waals surface area contributed by atoms with Crippen molar-refractivity contribution >= 4 is 10.9 Å². The van der Waals surface area contributed by atoms with Crippen molar-refractivity contribution in [2.24, 2.45) is 0 Å². The number of rotatable bonds is 8. The molecule has 3 aromatic rings. The summed E-state index contributed by atoms with van der Waals surface area (Å²) < 4.78 is 5.52. The van der Waals surface area contributed by atoms with Crippen molar-refractivity contribution in [1.82, 2.24) is 10.3 Å². The summed E-state index contributed by atoms with van der Waals surface area (Å²) in [5.41, 5.74) is 3.57. The number of aliphatic hydroxyl groups is 1. The molecule has 26 heavy (non-hydrogen) atoms. The van der Waals surface area contributed by atoms with Crippen molar-refractivity contribution < 1.29 is 9.84 Å². The lowest BCUT2D eigenvalue weighted by atomic mass is 10.1. The van der Waals surface area contributed by atoms with Crippen LogP contribution in [-0.4, -0.2) is 29.3 Å². The highest BCUT2D eigenvalue weighted by Gasteiger charge is 2.07. The molecule has 0 saturated carbocycles. The van der Waals surface area contributed by atoms with E-state index in [0.29, 0.717) is 25.3 Å². The molecule has 3 N–H and O–H groups in total. The van der Waals surface area contributed by atoms with E-state index in [4.69, 9.17) is 4.74 Å². The van der Waals surface area contributed by atoms with Gasteiger partial charge < -0.3 is 20.1 Å². The van der Waals surface area contributed by atoms with Gasteiger partial charge in [-0.2, -0.15) is 0 Å². The molecule has 0 aliphatic heterocycles. The average molecular weight is 352 g/mol. The highest BCUT2D eigenvalue weighted by atomic mass is 16.5. The molecule has 5 heteroatoms. The Morgan fingerprint density at radius 2 is 1.96 bits per heavy atom. The van der Waals surface area contributed by atoms with Gasteiger partial charge in [0.15, 0.2) is 0 Å². The Labute approximate surface area is 152 Å². The molecule has 1 atom stereocenters. The zero-order chi connectivity index (χ0) is 18.4. The molecule has 0 aliphatic rings. The summed E-state index contributed by atoms with van der Waals surface area (Å²) in [5, 5.41) is 14.1. The number of hydrogen-bond donors (Lipinski definition) is 3. The normalized spacial score (nSPS) is 12.4. The summed E-state index contributed by atoms with van der Waals surface area (Å²) in [6, 6.07) is 17.7. The van der Waals surface area contributed by atoms with Gasteiger partial charge >= 0.3 is 0 Å². The lowest BCUT2D eigenvalue weighted by Gasteiger charge is -2.12. The molecular formula is C21H24N2O3. The quantitative estimate of drug-likeness (QED) is 0.582. The fourth-order valence-corrected chi connectivity index (χ4v) is 2.81. The Hall–Kier alpha value is -2.47. The molecule has 1 unspecified atom stereocenters.